The van der Waals surface area contributed by atoms with E-state index in [4.69, 9.17) is 27.9 Å². The lowest BCUT2D eigenvalue weighted by atomic mass is 10.0. The van der Waals surface area contributed by atoms with Crippen LogP contribution in [0.3, 0.4) is 0 Å². The van der Waals surface area contributed by atoms with E-state index in [1.807, 2.05) is 44.2 Å². The molecule has 0 aliphatic heterocycles. The van der Waals surface area contributed by atoms with Crippen molar-refractivity contribution in [1.82, 2.24) is 10.2 Å². The van der Waals surface area contributed by atoms with Crippen LogP contribution in [0.25, 0.3) is 0 Å². The Morgan fingerprint density at radius 3 is 2.33 bits per heavy atom. The van der Waals surface area contributed by atoms with Crippen molar-refractivity contribution in [2.24, 2.45) is 5.92 Å². The third-order valence-electron chi connectivity index (χ3n) is 5.49. The predicted octanol–water partition coefficient (Wildman–Crippen LogP) is 5.92. The van der Waals surface area contributed by atoms with Crippen LogP contribution < -0.4 is 10.1 Å². The standard InChI is InChI=1S/C28H29Cl2FN2O3/c1-19(2)16-32-28(35)26(14-20-6-4-3-5-7-20)33(17-21-8-9-22(29)15-25(21)30)27(34)18-36-24-12-10-23(31)11-13-24/h3-13,15,19,26H,14,16-18H2,1-2H3,(H,32,35). The van der Waals surface area contributed by atoms with Gasteiger partial charge in [0.15, 0.2) is 6.61 Å². The van der Waals surface area contributed by atoms with Crippen LogP contribution in [-0.4, -0.2) is 35.9 Å². The van der Waals surface area contributed by atoms with Gasteiger partial charge in [-0.25, -0.2) is 4.39 Å². The van der Waals surface area contributed by atoms with Crippen molar-refractivity contribution in [2.75, 3.05) is 13.2 Å². The largest absolute Gasteiger partial charge is 0.484 e. The summed E-state index contributed by atoms with van der Waals surface area (Å²) >= 11 is 12.5. The van der Waals surface area contributed by atoms with Gasteiger partial charge in [0.05, 0.1) is 0 Å². The van der Waals surface area contributed by atoms with E-state index >= 15 is 0 Å². The molecule has 5 nitrogen and oxygen atoms in total. The Balaban J connectivity index is 1.92. The molecule has 8 heteroatoms. The number of nitrogens with one attached hydrogen (secondary N) is 1. The summed E-state index contributed by atoms with van der Waals surface area (Å²) in [4.78, 5) is 28.4. The number of hydrogen-bond acceptors (Lipinski definition) is 3. The van der Waals surface area contributed by atoms with Crippen molar-refractivity contribution in [3.05, 3.63) is 99.8 Å². The normalized spacial score (nSPS) is 11.7. The molecule has 0 aliphatic rings. The molecule has 0 bridgehead atoms. The Morgan fingerprint density at radius 2 is 1.69 bits per heavy atom. The second kappa shape index (κ2) is 13.3. The summed E-state index contributed by atoms with van der Waals surface area (Å²) in [6, 6.07) is 19.1. The maximum absolute atomic E-state index is 13.5. The number of benzene rings is 3. The molecule has 190 valence electrons. The zero-order chi connectivity index (χ0) is 26.1. The van der Waals surface area contributed by atoms with Gasteiger partial charge in [-0.3, -0.25) is 9.59 Å². The number of rotatable bonds is 11. The van der Waals surface area contributed by atoms with Gasteiger partial charge in [-0.1, -0.05) is 73.4 Å². The zero-order valence-corrected chi connectivity index (χ0v) is 21.7. The fraction of sp³-hybridized carbons (Fsp3) is 0.286. The number of carbonyl (C=O) groups excluding carboxylic acids is 2. The molecule has 1 N–H and O–H groups in total. The average Bonchev–Trinajstić information content (AvgIpc) is 2.86. The van der Waals surface area contributed by atoms with E-state index in [0.29, 0.717) is 34.3 Å². The van der Waals surface area contributed by atoms with Crippen molar-refractivity contribution < 1.29 is 18.7 Å². The number of hydrogen-bond donors (Lipinski definition) is 1. The summed E-state index contributed by atoms with van der Waals surface area (Å²) in [6.07, 6.45) is 0.304. The van der Waals surface area contributed by atoms with Crippen LogP contribution in [-0.2, 0) is 22.6 Å². The first-order valence-electron chi connectivity index (χ1n) is 11.7. The highest BCUT2D eigenvalue weighted by Gasteiger charge is 2.31. The highest BCUT2D eigenvalue weighted by Crippen LogP contribution is 2.24. The molecule has 3 aromatic rings. The Labute approximate surface area is 221 Å². The monoisotopic (exact) mass is 530 g/mol. The van der Waals surface area contributed by atoms with Gasteiger partial charge in [-0.05, 0) is 53.4 Å². The number of amides is 2. The van der Waals surface area contributed by atoms with Crippen molar-refractivity contribution in [3.8, 4) is 5.75 Å². The lowest BCUT2D eigenvalue weighted by Gasteiger charge is -2.32. The van der Waals surface area contributed by atoms with Crippen LogP contribution in [0.2, 0.25) is 10.0 Å². The van der Waals surface area contributed by atoms with Gasteiger partial charge in [-0.15, -0.1) is 0 Å². The van der Waals surface area contributed by atoms with E-state index in [2.05, 4.69) is 5.32 Å². The first kappa shape index (κ1) is 27.5. The van der Waals surface area contributed by atoms with Crippen LogP contribution in [0.5, 0.6) is 5.75 Å². The Bertz CT molecular complexity index is 1160. The second-order valence-electron chi connectivity index (χ2n) is 8.84. The Morgan fingerprint density at radius 1 is 1.00 bits per heavy atom. The summed E-state index contributed by atoms with van der Waals surface area (Å²) in [5.74, 6) is -0.503. The molecule has 0 radical (unpaired) electrons. The zero-order valence-electron chi connectivity index (χ0n) is 20.2. The minimum absolute atomic E-state index is 0.0776. The van der Waals surface area contributed by atoms with Gasteiger partial charge >= 0.3 is 0 Å². The molecular formula is C28H29Cl2FN2O3. The van der Waals surface area contributed by atoms with Crippen molar-refractivity contribution in [1.29, 1.82) is 0 Å². The van der Waals surface area contributed by atoms with Gasteiger partial charge in [-0.2, -0.15) is 0 Å². The maximum atomic E-state index is 13.5. The number of halogens is 3. The van der Waals surface area contributed by atoms with E-state index in [1.165, 1.54) is 29.2 Å². The minimum atomic E-state index is -0.817. The molecular weight excluding hydrogens is 502 g/mol. The molecule has 0 aliphatic carbocycles. The molecule has 0 heterocycles. The fourth-order valence-electron chi connectivity index (χ4n) is 3.57. The average molecular weight is 531 g/mol. The van der Waals surface area contributed by atoms with Crippen LogP contribution in [0.4, 0.5) is 4.39 Å². The fourth-order valence-corrected chi connectivity index (χ4v) is 4.04. The van der Waals surface area contributed by atoms with Crippen LogP contribution >= 0.6 is 23.2 Å². The molecule has 36 heavy (non-hydrogen) atoms. The van der Waals surface area contributed by atoms with E-state index in [-0.39, 0.29) is 25.0 Å². The van der Waals surface area contributed by atoms with Gasteiger partial charge in [0.1, 0.15) is 17.6 Å². The lowest BCUT2D eigenvalue weighted by Crippen LogP contribution is -2.52. The highest BCUT2D eigenvalue weighted by atomic mass is 35.5. The van der Waals surface area contributed by atoms with Crippen molar-refractivity contribution in [3.63, 3.8) is 0 Å². The molecule has 0 spiro atoms. The lowest BCUT2D eigenvalue weighted by molar-refractivity contribution is -0.142. The number of ether oxygens (including phenoxy) is 1. The third kappa shape index (κ3) is 8.25. The van der Waals surface area contributed by atoms with Crippen LogP contribution in [0, 0.1) is 11.7 Å². The predicted molar refractivity (Wildman–Crippen MR) is 141 cm³/mol. The smallest absolute Gasteiger partial charge is 0.261 e. The summed E-state index contributed by atoms with van der Waals surface area (Å²) in [6.45, 7) is 4.21. The third-order valence-corrected chi connectivity index (χ3v) is 6.07. The number of carbonyl (C=O) groups is 2. The molecule has 2 amide bonds. The Kier molecular flexibility index (Phi) is 10.1. The highest BCUT2D eigenvalue weighted by molar-refractivity contribution is 6.35. The molecule has 1 unspecified atom stereocenters. The quantitative estimate of drug-likeness (QED) is 0.334. The van der Waals surface area contributed by atoms with E-state index < -0.39 is 17.8 Å². The van der Waals surface area contributed by atoms with Gasteiger partial charge in [0.2, 0.25) is 5.91 Å². The summed E-state index contributed by atoms with van der Waals surface area (Å²) < 4.78 is 18.9. The summed E-state index contributed by atoms with van der Waals surface area (Å²) in [5.41, 5.74) is 1.55. The second-order valence-corrected chi connectivity index (χ2v) is 9.69. The Hall–Kier alpha value is -3.09. The minimum Gasteiger partial charge on any atom is -0.484 e. The first-order valence-corrected chi connectivity index (χ1v) is 12.4. The summed E-state index contributed by atoms with van der Waals surface area (Å²) in [7, 11) is 0. The van der Waals surface area contributed by atoms with Crippen LogP contribution in [0.15, 0.2) is 72.8 Å². The summed E-state index contributed by atoms with van der Waals surface area (Å²) in [5, 5.41) is 3.82. The number of nitrogens with zero attached hydrogens (tertiary/aromatic N) is 1. The topological polar surface area (TPSA) is 58.6 Å². The van der Waals surface area contributed by atoms with E-state index in [9.17, 15) is 14.0 Å². The molecule has 3 rings (SSSR count). The van der Waals surface area contributed by atoms with Gasteiger partial charge in [0.25, 0.3) is 5.91 Å². The SMILES string of the molecule is CC(C)CNC(=O)C(Cc1ccccc1)N(Cc1ccc(Cl)cc1Cl)C(=O)COc1ccc(F)cc1. The molecule has 0 fully saturated rings. The van der Waals surface area contributed by atoms with Crippen molar-refractivity contribution in [2.45, 2.75) is 32.9 Å². The van der Waals surface area contributed by atoms with E-state index in [1.54, 1.807) is 18.2 Å². The molecule has 3 aromatic carbocycles. The maximum Gasteiger partial charge on any atom is 0.261 e. The van der Waals surface area contributed by atoms with Crippen LogP contribution in [0.1, 0.15) is 25.0 Å². The van der Waals surface area contributed by atoms with Gasteiger partial charge in [0, 0.05) is 29.6 Å². The molecule has 0 saturated carbocycles. The molecule has 0 saturated heterocycles. The molecule has 0 aromatic heterocycles. The molecule has 1 atom stereocenters. The van der Waals surface area contributed by atoms with Crippen molar-refractivity contribution >= 4 is 35.0 Å². The first-order chi connectivity index (χ1) is 17.2. The van der Waals surface area contributed by atoms with Gasteiger partial charge < -0.3 is 15.0 Å². The van der Waals surface area contributed by atoms with E-state index in [0.717, 1.165) is 5.56 Å².